The molecule has 0 radical (unpaired) electrons. The molecule has 0 bridgehead atoms. The molecule has 0 spiro atoms. The highest BCUT2D eigenvalue weighted by molar-refractivity contribution is 8.00. The Morgan fingerprint density at radius 3 is 2.94 bits per heavy atom. The molecule has 7 nitrogen and oxygen atoms in total. The van der Waals surface area contributed by atoms with Gasteiger partial charge in [0.1, 0.15) is 6.04 Å². The number of carbonyl (C=O) groups is 2. The molecule has 3 N–H and O–H groups in total. The van der Waals surface area contributed by atoms with Crippen LogP contribution in [0.4, 0.5) is 5.88 Å². The van der Waals surface area contributed by atoms with E-state index in [9.17, 15) is 9.59 Å². The number of carbonyl (C=O) groups excluding carboxylic acids is 2. The van der Waals surface area contributed by atoms with Crippen molar-refractivity contribution in [2.45, 2.75) is 13.0 Å². The minimum atomic E-state index is -0.722. The molecule has 0 saturated heterocycles. The summed E-state index contributed by atoms with van der Waals surface area (Å²) in [6.45, 7) is 1.75. The molecule has 0 aliphatic heterocycles. The number of hydrogen-bond acceptors (Lipinski definition) is 7. The molecular weight excluding hydrogens is 258 g/mol. The summed E-state index contributed by atoms with van der Waals surface area (Å²) in [6, 6.07) is 0.892. The van der Waals surface area contributed by atoms with Crippen LogP contribution in [-0.2, 0) is 14.3 Å². The fourth-order valence-electron chi connectivity index (χ4n) is 1.09. The zero-order valence-corrected chi connectivity index (χ0v) is 11.0. The van der Waals surface area contributed by atoms with E-state index in [1.165, 1.54) is 18.9 Å². The Kier molecular flexibility index (Phi) is 5.66. The number of nitrogens with one attached hydrogen (secondary N) is 1. The van der Waals surface area contributed by atoms with Gasteiger partial charge in [0.2, 0.25) is 11.8 Å². The molecule has 0 saturated carbocycles. The standard InChI is InChI=1S/C10H15N3O4S/c1-6-3-9(17-13-6)12-8(14)5-18-4-7(11)10(15)16-2/h3,7H,4-5,11H2,1-2H3,(H,12,14). The van der Waals surface area contributed by atoms with Gasteiger partial charge in [-0.2, -0.15) is 0 Å². The Morgan fingerprint density at radius 1 is 1.67 bits per heavy atom. The summed E-state index contributed by atoms with van der Waals surface area (Å²) in [7, 11) is 1.27. The minimum absolute atomic E-state index is 0.171. The van der Waals surface area contributed by atoms with Gasteiger partial charge in [-0.3, -0.25) is 14.9 Å². The van der Waals surface area contributed by atoms with Crippen LogP contribution in [0, 0.1) is 6.92 Å². The second-order valence-corrected chi connectivity index (χ2v) is 4.56. The van der Waals surface area contributed by atoms with Crippen molar-refractivity contribution in [3.05, 3.63) is 11.8 Å². The van der Waals surface area contributed by atoms with E-state index in [1.807, 2.05) is 0 Å². The molecule has 1 amide bonds. The van der Waals surface area contributed by atoms with E-state index >= 15 is 0 Å². The number of ether oxygens (including phenoxy) is 1. The molecule has 100 valence electrons. The SMILES string of the molecule is COC(=O)C(N)CSCC(=O)Nc1cc(C)no1. The fourth-order valence-corrected chi connectivity index (χ4v) is 1.86. The summed E-state index contributed by atoms with van der Waals surface area (Å²) in [5, 5.41) is 6.17. The molecule has 0 fully saturated rings. The first-order valence-corrected chi connectivity index (χ1v) is 6.32. The number of hydrogen-bond donors (Lipinski definition) is 2. The molecule has 1 unspecified atom stereocenters. The van der Waals surface area contributed by atoms with Crippen molar-refractivity contribution in [1.29, 1.82) is 0 Å². The Balaban J connectivity index is 2.23. The maximum absolute atomic E-state index is 11.5. The Labute approximate surface area is 108 Å². The lowest BCUT2D eigenvalue weighted by molar-refractivity contribution is -0.141. The molecule has 0 aliphatic rings. The van der Waals surface area contributed by atoms with E-state index in [4.69, 9.17) is 10.3 Å². The third kappa shape index (κ3) is 4.76. The average molecular weight is 273 g/mol. The third-order valence-electron chi connectivity index (χ3n) is 1.93. The molecule has 1 atom stereocenters. The molecule has 1 aromatic heterocycles. The second-order valence-electron chi connectivity index (χ2n) is 3.53. The quantitative estimate of drug-likeness (QED) is 0.710. The lowest BCUT2D eigenvalue weighted by Gasteiger charge is -2.07. The maximum atomic E-state index is 11.5. The van der Waals surface area contributed by atoms with E-state index in [-0.39, 0.29) is 11.7 Å². The van der Waals surface area contributed by atoms with Crippen molar-refractivity contribution in [2.75, 3.05) is 23.9 Å². The summed E-state index contributed by atoms with van der Waals surface area (Å²) in [4.78, 5) is 22.5. The zero-order valence-electron chi connectivity index (χ0n) is 10.1. The number of aryl methyl sites for hydroxylation is 1. The fraction of sp³-hybridized carbons (Fsp3) is 0.500. The largest absolute Gasteiger partial charge is 0.468 e. The van der Waals surface area contributed by atoms with Gasteiger partial charge in [0.15, 0.2) is 0 Å². The molecule has 0 aromatic carbocycles. The first kappa shape index (κ1) is 14.5. The Bertz CT molecular complexity index is 421. The van der Waals surface area contributed by atoms with Crippen LogP contribution in [0.25, 0.3) is 0 Å². The summed E-state index contributed by atoms with van der Waals surface area (Å²) in [5.41, 5.74) is 6.20. The number of aromatic nitrogens is 1. The smallest absolute Gasteiger partial charge is 0.323 e. The first-order chi connectivity index (χ1) is 8.52. The predicted molar refractivity (Wildman–Crippen MR) is 67.2 cm³/mol. The topological polar surface area (TPSA) is 107 Å². The van der Waals surface area contributed by atoms with Crippen LogP contribution in [0.5, 0.6) is 0 Å². The number of nitrogens with zero attached hydrogens (tertiary/aromatic N) is 1. The first-order valence-electron chi connectivity index (χ1n) is 5.17. The Hall–Kier alpha value is -1.54. The highest BCUT2D eigenvalue weighted by Gasteiger charge is 2.14. The van der Waals surface area contributed by atoms with E-state index in [1.54, 1.807) is 13.0 Å². The van der Waals surface area contributed by atoms with Crippen molar-refractivity contribution in [2.24, 2.45) is 5.73 Å². The van der Waals surface area contributed by atoms with Gasteiger partial charge >= 0.3 is 5.97 Å². The van der Waals surface area contributed by atoms with Crippen LogP contribution in [0.3, 0.4) is 0 Å². The van der Waals surface area contributed by atoms with Gasteiger partial charge in [0.25, 0.3) is 0 Å². The number of anilines is 1. The van der Waals surface area contributed by atoms with Crippen molar-refractivity contribution in [1.82, 2.24) is 5.16 Å². The lowest BCUT2D eigenvalue weighted by atomic mass is 10.4. The molecular formula is C10H15N3O4S. The van der Waals surface area contributed by atoms with E-state index in [0.29, 0.717) is 17.3 Å². The maximum Gasteiger partial charge on any atom is 0.323 e. The molecule has 1 rings (SSSR count). The highest BCUT2D eigenvalue weighted by atomic mass is 32.2. The molecule has 1 aromatic rings. The van der Waals surface area contributed by atoms with Crippen LogP contribution in [0.1, 0.15) is 5.69 Å². The number of amides is 1. The van der Waals surface area contributed by atoms with Crippen molar-refractivity contribution in [3.63, 3.8) is 0 Å². The summed E-state index contributed by atoms with van der Waals surface area (Å²) in [5.74, 6) is 0.0531. The summed E-state index contributed by atoms with van der Waals surface area (Å²) < 4.78 is 9.29. The van der Waals surface area contributed by atoms with Crippen LogP contribution < -0.4 is 11.1 Å². The zero-order chi connectivity index (χ0) is 13.5. The van der Waals surface area contributed by atoms with Gasteiger partial charge in [-0.15, -0.1) is 11.8 Å². The third-order valence-corrected chi connectivity index (χ3v) is 2.99. The van der Waals surface area contributed by atoms with Crippen LogP contribution in [0.15, 0.2) is 10.6 Å². The van der Waals surface area contributed by atoms with Crippen LogP contribution in [-0.4, -0.2) is 41.7 Å². The molecule has 8 heteroatoms. The number of esters is 1. The van der Waals surface area contributed by atoms with Gasteiger partial charge in [-0.05, 0) is 6.92 Å². The van der Waals surface area contributed by atoms with E-state index in [2.05, 4.69) is 15.2 Å². The Morgan fingerprint density at radius 2 is 2.39 bits per heavy atom. The normalized spacial score (nSPS) is 11.9. The van der Waals surface area contributed by atoms with Gasteiger partial charge < -0.3 is 15.0 Å². The summed E-state index contributed by atoms with van der Waals surface area (Å²) in [6.07, 6.45) is 0. The number of methoxy groups -OCH3 is 1. The van der Waals surface area contributed by atoms with Gasteiger partial charge in [-0.25, -0.2) is 0 Å². The molecule has 0 aliphatic carbocycles. The minimum Gasteiger partial charge on any atom is -0.468 e. The average Bonchev–Trinajstić information content (AvgIpc) is 2.73. The van der Waals surface area contributed by atoms with Crippen molar-refractivity contribution < 1.29 is 18.8 Å². The van der Waals surface area contributed by atoms with Crippen molar-refractivity contribution in [3.8, 4) is 0 Å². The molecule has 1 heterocycles. The van der Waals surface area contributed by atoms with Crippen LogP contribution in [0.2, 0.25) is 0 Å². The lowest BCUT2D eigenvalue weighted by Crippen LogP contribution is -2.34. The number of rotatable bonds is 6. The molecule has 18 heavy (non-hydrogen) atoms. The van der Waals surface area contributed by atoms with Gasteiger partial charge in [0.05, 0.1) is 18.6 Å². The van der Waals surface area contributed by atoms with Crippen molar-refractivity contribution >= 4 is 29.5 Å². The van der Waals surface area contributed by atoms with Gasteiger partial charge in [-0.1, -0.05) is 5.16 Å². The van der Waals surface area contributed by atoms with E-state index < -0.39 is 12.0 Å². The monoisotopic (exact) mass is 273 g/mol. The number of nitrogens with two attached hydrogens (primary N) is 1. The second kappa shape index (κ2) is 7.02. The summed E-state index contributed by atoms with van der Waals surface area (Å²) >= 11 is 1.24. The predicted octanol–water partition coefficient (Wildman–Crippen LogP) is 0.155. The van der Waals surface area contributed by atoms with E-state index in [0.717, 1.165) is 0 Å². The van der Waals surface area contributed by atoms with Gasteiger partial charge in [0, 0.05) is 11.8 Å². The highest BCUT2D eigenvalue weighted by Crippen LogP contribution is 2.09. The number of thioether (sulfide) groups is 1. The van der Waals surface area contributed by atoms with Crippen LogP contribution >= 0.6 is 11.8 Å².